The first-order chi connectivity index (χ1) is 7.20. The molecule has 1 fully saturated rings. The molecule has 0 unspecified atom stereocenters. The number of rotatable bonds is 2. The Kier molecular flexibility index (Phi) is 6.23. The number of carbonyl (C=O) groups is 1. The van der Waals surface area contributed by atoms with Gasteiger partial charge in [0.15, 0.2) is 0 Å². The highest BCUT2D eigenvalue weighted by molar-refractivity contribution is 5.93. The highest BCUT2D eigenvalue weighted by atomic mass is 35.5. The van der Waals surface area contributed by atoms with E-state index >= 15 is 0 Å². The smallest absolute Gasteiger partial charge is 0.252 e. The summed E-state index contributed by atoms with van der Waals surface area (Å²) in [7, 11) is 1.60. The van der Waals surface area contributed by atoms with Gasteiger partial charge in [0.25, 0.3) is 5.91 Å². The number of nitrogens with one attached hydrogen (secondary N) is 1. The monoisotopic (exact) mass is 278 g/mol. The Balaban J connectivity index is 0.00000128. The molecule has 0 aromatic carbocycles. The van der Waals surface area contributed by atoms with E-state index in [0.717, 1.165) is 18.9 Å². The lowest BCUT2D eigenvalue weighted by Crippen LogP contribution is -2.56. The van der Waals surface area contributed by atoms with E-state index in [9.17, 15) is 4.79 Å². The molecule has 0 radical (unpaired) electrons. The van der Waals surface area contributed by atoms with Crippen LogP contribution < -0.4 is 16.0 Å². The highest BCUT2D eigenvalue weighted by Crippen LogP contribution is 2.17. The predicted molar refractivity (Wildman–Crippen MR) is 72.3 cm³/mol. The molecule has 96 valence electrons. The minimum Gasteiger partial charge on any atom is -0.355 e. The Morgan fingerprint density at radius 2 is 2.12 bits per heavy atom. The average Bonchev–Trinajstić information content (AvgIpc) is 2.24. The molecule has 7 heteroatoms. The van der Waals surface area contributed by atoms with Gasteiger partial charge in [0.1, 0.15) is 5.82 Å². The van der Waals surface area contributed by atoms with Crippen LogP contribution in [0, 0.1) is 0 Å². The summed E-state index contributed by atoms with van der Waals surface area (Å²) in [6, 6.07) is 3.87. The summed E-state index contributed by atoms with van der Waals surface area (Å²) in [6.45, 7) is 1.68. The van der Waals surface area contributed by atoms with E-state index in [4.69, 9.17) is 5.73 Å². The van der Waals surface area contributed by atoms with Crippen molar-refractivity contribution in [3.8, 4) is 0 Å². The number of nitrogens with zero attached hydrogens (tertiary/aromatic N) is 2. The number of hydrogen-bond donors (Lipinski definition) is 2. The van der Waals surface area contributed by atoms with Crippen LogP contribution in [-0.2, 0) is 0 Å². The predicted octanol–water partition coefficient (Wildman–Crippen LogP) is 0.432. The summed E-state index contributed by atoms with van der Waals surface area (Å²) >= 11 is 0. The van der Waals surface area contributed by atoms with Gasteiger partial charge in [-0.2, -0.15) is 0 Å². The Morgan fingerprint density at radius 3 is 2.53 bits per heavy atom. The van der Waals surface area contributed by atoms with E-state index in [1.165, 1.54) is 0 Å². The van der Waals surface area contributed by atoms with Gasteiger partial charge in [0.05, 0.1) is 5.56 Å². The van der Waals surface area contributed by atoms with Crippen molar-refractivity contribution in [2.75, 3.05) is 25.0 Å². The van der Waals surface area contributed by atoms with Crippen LogP contribution in [0.15, 0.2) is 18.3 Å². The minimum absolute atomic E-state index is 0. The molecule has 2 heterocycles. The SMILES string of the molecule is CNC(=O)c1ccc(N2CC(N)C2)nc1.Cl.Cl. The molecule has 1 aromatic rings. The number of halogens is 2. The van der Waals surface area contributed by atoms with Gasteiger partial charge in [-0.25, -0.2) is 4.98 Å². The van der Waals surface area contributed by atoms with E-state index in [2.05, 4.69) is 15.2 Å². The van der Waals surface area contributed by atoms with Crippen molar-refractivity contribution in [3.63, 3.8) is 0 Å². The summed E-state index contributed by atoms with van der Waals surface area (Å²) in [5.41, 5.74) is 6.25. The second-order valence-corrected chi connectivity index (χ2v) is 3.65. The number of amides is 1. The van der Waals surface area contributed by atoms with E-state index in [0.29, 0.717) is 5.56 Å². The fraction of sp³-hybridized carbons (Fsp3) is 0.400. The second-order valence-electron chi connectivity index (χ2n) is 3.65. The van der Waals surface area contributed by atoms with E-state index in [1.807, 2.05) is 6.07 Å². The van der Waals surface area contributed by atoms with Crippen LogP contribution in [-0.4, -0.2) is 37.1 Å². The fourth-order valence-electron chi connectivity index (χ4n) is 1.55. The number of carbonyl (C=O) groups excluding carboxylic acids is 1. The third kappa shape index (κ3) is 3.46. The third-order valence-corrected chi connectivity index (χ3v) is 2.47. The maximum Gasteiger partial charge on any atom is 0.252 e. The van der Waals surface area contributed by atoms with Crippen molar-refractivity contribution in [2.45, 2.75) is 6.04 Å². The maximum atomic E-state index is 11.2. The molecular formula is C10H16Cl2N4O. The van der Waals surface area contributed by atoms with Crippen LogP contribution in [0.3, 0.4) is 0 Å². The van der Waals surface area contributed by atoms with Crippen molar-refractivity contribution in [1.82, 2.24) is 10.3 Å². The number of hydrogen-bond acceptors (Lipinski definition) is 4. The van der Waals surface area contributed by atoms with Crippen molar-refractivity contribution in [1.29, 1.82) is 0 Å². The Hall–Kier alpha value is -1.04. The molecular weight excluding hydrogens is 263 g/mol. The summed E-state index contributed by atoms with van der Waals surface area (Å²) in [4.78, 5) is 17.5. The molecule has 1 aromatic heterocycles. The summed E-state index contributed by atoms with van der Waals surface area (Å²) in [6.07, 6.45) is 1.58. The molecule has 1 saturated heterocycles. The first-order valence-electron chi connectivity index (χ1n) is 4.89. The topological polar surface area (TPSA) is 71.2 Å². The summed E-state index contributed by atoms with van der Waals surface area (Å²) in [5.74, 6) is 0.763. The molecule has 1 aliphatic heterocycles. The maximum absolute atomic E-state index is 11.2. The van der Waals surface area contributed by atoms with Crippen LogP contribution >= 0.6 is 24.8 Å². The molecule has 3 N–H and O–H groups in total. The van der Waals surface area contributed by atoms with Crippen LogP contribution in [0.4, 0.5) is 5.82 Å². The molecule has 0 bridgehead atoms. The quantitative estimate of drug-likeness (QED) is 0.823. The normalized spacial score (nSPS) is 14.1. The van der Waals surface area contributed by atoms with Gasteiger partial charge < -0.3 is 16.0 Å². The molecule has 0 aliphatic carbocycles. The molecule has 0 spiro atoms. The number of nitrogens with two attached hydrogens (primary N) is 1. The Bertz CT molecular complexity index is 365. The van der Waals surface area contributed by atoms with Gasteiger partial charge >= 0.3 is 0 Å². The van der Waals surface area contributed by atoms with Crippen molar-refractivity contribution >= 4 is 36.5 Å². The molecule has 5 nitrogen and oxygen atoms in total. The van der Waals surface area contributed by atoms with Gasteiger partial charge in [0.2, 0.25) is 0 Å². The zero-order chi connectivity index (χ0) is 10.8. The largest absolute Gasteiger partial charge is 0.355 e. The van der Waals surface area contributed by atoms with Crippen LogP contribution in [0.2, 0.25) is 0 Å². The molecule has 1 aliphatic rings. The first-order valence-corrected chi connectivity index (χ1v) is 4.89. The summed E-state index contributed by atoms with van der Waals surface area (Å²) in [5, 5.41) is 2.55. The van der Waals surface area contributed by atoms with E-state index in [-0.39, 0.29) is 36.8 Å². The van der Waals surface area contributed by atoms with Gasteiger partial charge in [-0.1, -0.05) is 0 Å². The van der Waals surface area contributed by atoms with Crippen molar-refractivity contribution in [2.24, 2.45) is 5.73 Å². The fourth-order valence-corrected chi connectivity index (χ4v) is 1.55. The third-order valence-electron chi connectivity index (χ3n) is 2.47. The second kappa shape index (κ2) is 6.64. The first kappa shape index (κ1) is 16.0. The zero-order valence-electron chi connectivity index (χ0n) is 9.42. The van der Waals surface area contributed by atoms with Crippen molar-refractivity contribution < 1.29 is 4.79 Å². The van der Waals surface area contributed by atoms with E-state index in [1.54, 1.807) is 19.3 Å². The van der Waals surface area contributed by atoms with Gasteiger partial charge in [-0.05, 0) is 12.1 Å². The molecule has 0 atom stereocenters. The Morgan fingerprint density at radius 1 is 1.47 bits per heavy atom. The van der Waals surface area contributed by atoms with Gasteiger partial charge in [0, 0.05) is 32.4 Å². The van der Waals surface area contributed by atoms with E-state index < -0.39 is 0 Å². The van der Waals surface area contributed by atoms with Crippen LogP contribution in [0.1, 0.15) is 10.4 Å². The minimum atomic E-state index is -0.116. The highest BCUT2D eigenvalue weighted by Gasteiger charge is 2.23. The lowest BCUT2D eigenvalue weighted by atomic mass is 10.1. The molecule has 17 heavy (non-hydrogen) atoms. The number of aromatic nitrogens is 1. The van der Waals surface area contributed by atoms with Crippen molar-refractivity contribution in [3.05, 3.63) is 23.9 Å². The van der Waals surface area contributed by atoms with Crippen LogP contribution in [0.5, 0.6) is 0 Å². The lowest BCUT2D eigenvalue weighted by Gasteiger charge is -2.37. The summed E-state index contributed by atoms with van der Waals surface area (Å²) < 4.78 is 0. The molecule has 2 rings (SSSR count). The van der Waals surface area contributed by atoms with Gasteiger partial charge in [-0.15, -0.1) is 24.8 Å². The average molecular weight is 279 g/mol. The Labute approximate surface area is 113 Å². The zero-order valence-corrected chi connectivity index (χ0v) is 11.1. The number of pyridine rings is 1. The standard InChI is InChI=1S/C10H14N4O.2ClH/c1-12-10(15)7-2-3-9(13-4-7)14-5-8(11)6-14;;/h2-4,8H,5-6,11H2,1H3,(H,12,15);2*1H. The molecule has 0 saturated carbocycles. The molecule has 1 amide bonds. The van der Waals surface area contributed by atoms with Gasteiger partial charge in [-0.3, -0.25) is 4.79 Å². The van der Waals surface area contributed by atoms with Crippen LogP contribution in [0.25, 0.3) is 0 Å². The lowest BCUT2D eigenvalue weighted by molar-refractivity contribution is 0.0963. The number of anilines is 1.